The quantitative estimate of drug-likeness (QED) is 0.619. The molecule has 0 heterocycles. The average Bonchev–Trinajstić information content (AvgIpc) is 2.56. The van der Waals surface area contributed by atoms with Crippen molar-refractivity contribution in [3.8, 4) is 0 Å². The summed E-state index contributed by atoms with van der Waals surface area (Å²) in [4.78, 5) is 16.9. The third-order valence-corrected chi connectivity index (χ3v) is 4.46. The number of amidine groups is 1. The summed E-state index contributed by atoms with van der Waals surface area (Å²) in [5, 5.41) is 3.51. The molecule has 0 unspecified atom stereocenters. The Labute approximate surface area is 147 Å². The van der Waals surface area contributed by atoms with Gasteiger partial charge < -0.3 is 4.74 Å². The normalized spacial score (nSPS) is 16.2. The van der Waals surface area contributed by atoms with Gasteiger partial charge in [-0.05, 0) is 37.5 Å². The summed E-state index contributed by atoms with van der Waals surface area (Å²) in [5.41, 5.74) is 0.427. The number of nitrogens with one attached hydrogen (secondary N) is 1. The molecule has 0 aliphatic heterocycles. The van der Waals surface area contributed by atoms with Gasteiger partial charge in [-0.3, -0.25) is 10.1 Å². The number of aliphatic imine (C=N–C) groups is 1. The lowest BCUT2D eigenvalue weighted by Crippen LogP contribution is -2.34. The van der Waals surface area contributed by atoms with Crippen LogP contribution in [0.5, 0.6) is 0 Å². The summed E-state index contributed by atoms with van der Waals surface area (Å²) in [7, 11) is 0. The number of benzene rings is 1. The van der Waals surface area contributed by atoms with Crippen LogP contribution in [0.1, 0.15) is 55.8 Å². The minimum Gasteiger partial charge on any atom is -0.465 e. The topological polar surface area (TPSA) is 50.7 Å². The molecule has 0 radical (unpaired) electrons. The first-order chi connectivity index (χ1) is 11.1. The van der Waals surface area contributed by atoms with Crippen molar-refractivity contribution in [1.29, 1.82) is 0 Å². The van der Waals surface area contributed by atoms with Crippen LogP contribution in [0.4, 0.5) is 0 Å². The summed E-state index contributed by atoms with van der Waals surface area (Å²) in [6, 6.07) is 5.29. The third-order valence-electron chi connectivity index (χ3n) is 3.72. The second kappa shape index (κ2) is 9.14. The zero-order chi connectivity index (χ0) is 16.7. The second-order valence-corrected chi connectivity index (χ2v) is 6.47. The maximum Gasteiger partial charge on any atom is 0.291 e. The number of rotatable bonds is 4. The van der Waals surface area contributed by atoms with Crippen LogP contribution < -0.4 is 5.32 Å². The Morgan fingerprint density at radius 2 is 2.00 bits per heavy atom. The van der Waals surface area contributed by atoms with Gasteiger partial charge in [0.05, 0.1) is 22.7 Å². The maximum atomic E-state index is 12.3. The van der Waals surface area contributed by atoms with Crippen LogP contribution in [0.15, 0.2) is 23.2 Å². The minimum atomic E-state index is -0.297. The number of hydrogen-bond acceptors (Lipinski definition) is 3. The van der Waals surface area contributed by atoms with Gasteiger partial charge in [0.2, 0.25) is 0 Å². The Balaban J connectivity index is 2.07. The predicted molar refractivity (Wildman–Crippen MR) is 94.5 cm³/mol. The van der Waals surface area contributed by atoms with Gasteiger partial charge in [-0.25, -0.2) is 4.99 Å². The summed E-state index contributed by atoms with van der Waals surface area (Å²) >= 11 is 11.8. The number of hydrogen-bond donors (Lipinski definition) is 1. The fourth-order valence-corrected chi connectivity index (χ4v) is 2.79. The SMILES string of the molecule is CCCOC(=NC1CCCCC1)NC(=O)c1ccc(Cl)c(Cl)c1. The Morgan fingerprint density at radius 1 is 1.26 bits per heavy atom. The highest BCUT2D eigenvalue weighted by Gasteiger charge is 2.16. The molecule has 126 valence electrons. The van der Waals surface area contributed by atoms with E-state index in [9.17, 15) is 4.79 Å². The molecule has 4 nitrogen and oxygen atoms in total. The van der Waals surface area contributed by atoms with E-state index < -0.39 is 0 Å². The minimum absolute atomic E-state index is 0.227. The number of halogens is 2. The molecule has 0 aromatic heterocycles. The van der Waals surface area contributed by atoms with Crippen LogP contribution in [0, 0.1) is 0 Å². The van der Waals surface area contributed by atoms with Crippen molar-refractivity contribution in [3.63, 3.8) is 0 Å². The number of carbonyl (C=O) groups is 1. The van der Waals surface area contributed by atoms with Gasteiger partial charge in [-0.1, -0.05) is 49.4 Å². The van der Waals surface area contributed by atoms with Crippen molar-refractivity contribution < 1.29 is 9.53 Å². The molecule has 6 heteroatoms. The molecule has 1 aromatic rings. The van der Waals surface area contributed by atoms with E-state index in [1.54, 1.807) is 12.1 Å². The highest BCUT2D eigenvalue weighted by Crippen LogP contribution is 2.23. The highest BCUT2D eigenvalue weighted by molar-refractivity contribution is 6.42. The van der Waals surface area contributed by atoms with Crippen LogP contribution in [-0.4, -0.2) is 24.6 Å². The second-order valence-electron chi connectivity index (χ2n) is 5.66. The van der Waals surface area contributed by atoms with Gasteiger partial charge in [0, 0.05) is 5.56 Å². The lowest BCUT2D eigenvalue weighted by atomic mass is 9.96. The lowest BCUT2D eigenvalue weighted by Gasteiger charge is -2.19. The summed E-state index contributed by atoms with van der Waals surface area (Å²) in [6.45, 7) is 2.53. The van der Waals surface area contributed by atoms with Gasteiger partial charge in [-0.15, -0.1) is 0 Å². The molecule has 1 aromatic carbocycles. The summed E-state index contributed by atoms with van der Waals surface area (Å²) < 4.78 is 5.60. The number of amides is 1. The van der Waals surface area contributed by atoms with Crippen molar-refractivity contribution in [2.75, 3.05) is 6.61 Å². The lowest BCUT2D eigenvalue weighted by molar-refractivity contribution is 0.0965. The van der Waals surface area contributed by atoms with Gasteiger partial charge in [0.1, 0.15) is 0 Å². The number of nitrogens with zero attached hydrogens (tertiary/aromatic N) is 1. The average molecular weight is 357 g/mol. The third kappa shape index (κ3) is 5.70. The Bertz CT molecular complexity index is 570. The molecule has 1 amide bonds. The predicted octanol–water partition coefficient (Wildman–Crippen LogP) is 4.84. The monoisotopic (exact) mass is 356 g/mol. The van der Waals surface area contributed by atoms with E-state index in [1.807, 2.05) is 6.92 Å². The fourth-order valence-electron chi connectivity index (χ4n) is 2.49. The molecule has 0 spiro atoms. The molecule has 0 saturated heterocycles. The maximum absolute atomic E-state index is 12.3. The van der Waals surface area contributed by atoms with Crippen LogP contribution >= 0.6 is 23.2 Å². The van der Waals surface area contributed by atoms with Crippen molar-refractivity contribution in [2.24, 2.45) is 4.99 Å². The molecule has 0 bridgehead atoms. The molecule has 1 aliphatic rings. The van der Waals surface area contributed by atoms with E-state index in [0.717, 1.165) is 19.3 Å². The molecule has 1 N–H and O–H groups in total. The van der Waals surface area contributed by atoms with Crippen molar-refractivity contribution in [2.45, 2.75) is 51.5 Å². The van der Waals surface area contributed by atoms with Crippen molar-refractivity contribution in [3.05, 3.63) is 33.8 Å². The van der Waals surface area contributed by atoms with E-state index in [0.29, 0.717) is 28.2 Å². The first-order valence-corrected chi connectivity index (χ1v) is 8.82. The van der Waals surface area contributed by atoms with Crippen LogP contribution in [0.25, 0.3) is 0 Å². The highest BCUT2D eigenvalue weighted by atomic mass is 35.5. The molecule has 0 atom stereocenters. The number of carbonyl (C=O) groups excluding carboxylic acids is 1. The van der Waals surface area contributed by atoms with Gasteiger partial charge in [0.15, 0.2) is 0 Å². The van der Waals surface area contributed by atoms with Crippen LogP contribution in [0.2, 0.25) is 10.0 Å². The first-order valence-electron chi connectivity index (χ1n) is 8.07. The number of ether oxygens (including phenoxy) is 1. The standard InChI is InChI=1S/C17H22Cl2N2O2/c1-2-10-23-17(20-13-6-4-3-5-7-13)21-16(22)12-8-9-14(18)15(19)11-12/h8-9,11,13H,2-7,10H2,1H3,(H,20,21,22). The Kier molecular flexibility index (Phi) is 7.18. The summed E-state index contributed by atoms with van der Waals surface area (Å²) in [6.07, 6.45) is 6.55. The molecule has 1 fully saturated rings. The molecule has 2 rings (SSSR count). The smallest absolute Gasteiger partial charge is 0.291 e. The van der Waals surface area contributed by atoms with Crippen LogP contribution in [0.3, 0.4) is 0 Å². The zero-order valence-electron chi connectivity index (χ0n) is 13.3. The van der Waals surface area contributed by atoms with Crippen LogP contribution in [-0.2, 0) is 4.74 Å². The molecule has 23 heavy (non-hydrogen) atoms. The van der Waals surface area contributed by atoms with Crippen molar-refractivity contribution in [1.82, 2.24) is 5.32 Å². The molecular formula is C17H22Cl2N2O2. The van der Waals surface area contributed by atoms with Gasteiger partial charge in [0.25, 0.3) is 11.9 Å². The zero-order valence-corrected chi connectivity index (χ0v) is 14.8. The summed E-state index contributed by atoms with van der Waals surface area (Å²) in [5.74, 6) is -0.297. The molecule has 1 aliphatic carbocycles. The largest absolute Gasteiger partial charge is 0.465 e. The van der Waals surface area contributed by atoms with E-state index in [4.69, 9.17) is 27.9 Å². The molecular weight excluding hydrogens is 335 g/mol. The van der Waals surface area contributed by atoms with E-state index in [2.05, 4.69) is 10.3 Å². The van der Waals surface area contributed by atoms with E-state index in [1.165, 1.54) is 25.3 Å². The molecule has 1 saturated carbocycles. The van der Waals surface area contributed by atoms with Gasteiger partial charge in [-0.2, -0.15) is 0 Å². The Hall–Kier alpha value is -1.26. The fraction of sp³-hybridized carbons (Fsp3) is 0.529. The van der Waals surface area contributed by atoms with Gasteiger partial charge >= 0.3 is 0 Å². The first kappa shape index (κ1) is 18.1. The van der Waals surface area contributed by atoms with Crippen molar-refractivity contribution >= 4 is 35.1 Å². The van der Waals surface area contributed by atoms with E-state index in [-0.39, 0.29) is 11.9 Å². The van der Waals surface area contributed by atoms with E-state index >= 15 is 0 Å². The Morgan fingerprint density at radius 3 is 2.65 bits per heavy atom.